The average Bonchev–Trinajstić information content (AvgIpc) is 2.13. The molecule has 0 aliphatic heterocycles. The van der Waals surface area contributed by atoms with Gasteiger partial charge in [0.15, 0.2) is 0 Å². The van der Waals surface area contributed by atoms with Gasteiger partial charge in [0.1, 0.15) is 0 Å². The van der Waals surface area contributed by atoms with Crippen LogP contribution in [-0.2, 0) is 4.79 Å². The van der Waals surface area contributed by atoms with Crippen molar-refractivity contribution in [3.05, 3.63) is 0 Å². The third kappa shape index (κ3) is 4.49. The fraction of sp³-hybridized carbons (Fsp3) is 0.917. The Balaban J connectivity index is 4.27. The van der Waals surface area contributed by atoms with Crippen molar-refractivity contribution in [2.75, 3.05) is 20.6 Å². The molecule has 0 spiro atoms. The minimum Gasteiger partial charge on any atom is -0.353 e. The van der Waals surface area contributed by atoms with Gasteiger partial charge in [-0.1, -0.05) is 13.3 Å². The summed E-state index contributed by atoms with van der Waals surface area (Å²) in [5.74, 6) is -0.0655. The first-order chi connectivity index (χ1) is 7.13. The van der Waals surface area contributed by atoms with Gasteiger partial charge >= 0.3 is 0 Å². The highest BCUT2D eigenvalue weighted by molar-refractivity contribution is 5.85. The molecular formula is C12H27N3O. The first-order valence-electron chi connectivity index (χ1n) is 5.88. The fourth-order valence-corrected chi connectivity index (χ4v) is 1.29. The number of nitrogens with one attached hydrogen (secondary N) is 1. The molecule has 0 saturated carbocycles. The molecule has 4 nitrogen and oxygen atoms in total. The minimum absolute atomic E-state index is 0.0576. The van der Waals surface area contributed by atoms with Gasteiger partial charge in [0.25, 0.3) is 0 Å². The van der Waals surface area contributed by atoms with Crippen LogP contribution in [0.2, 0.25) is 0 Å². The van der Waals surface area contributed by atoms with E-state index < -0.39 is 5.54 Å². The van der Waals surface area contributed by atoms with Crippen LogP contribution in [0.4, 0.5) is 0 Å². The first kappa shape index (κ1) is 15.4. The number of rotatable bonds is 6. The molecule has 0 aromatic carbocycles. The van der Waals surface area contributed by atoms with Gasteiger partial charge in [-0.25, -0.2) is 0 Å². The number of nitrogens with two attached hydrogens (primary N) is 1. The fourth-order valence-electron chi connectivity index (χ4n) is 1.29. The summed E-state index contributed by atoms with van der Waals surface area (Å²) in [6, 6.07) is 0. The summed E-state index contributed by atoms with van der Waals surface area (Å²) in [6.45, 7) is 8.59. The van der Waals surface area contributed by atoms with Gasteiger partial charge < -0.3 is 16.0 Å². The van der Waals surface area contributed by atoms with Crippen molar-refractivity contribution in [3.63, 3.8) is 0 Å². The summed E-state index contributed by atoms with van der Waals surface area (Å²) in [7, 11) is 4.00. The van der Waals surface area contributed by atoms with Crippen LogP contribution in [0.3, 0.4) is 0 Å². The lowest BCUT2D eigenvalue weighted by Gasteiger charge is -2.34. The van der Waals surface area contributed by atoms with Crippen molar-refractivity contribution in [2.45, 2.75) is 51.6 Å². The maximum atomic E-state index is 11.9. The van der Waals surface area contributed by atoms with Crippen molar-refractivity contribution >= 4 is 5.91 Å². The number of hydrogen-bond acceptors (Lipinski definition) is 3. The smallest absolute Gasteiger partial charge is 0.239 e. The highest BCUT2D eigenvalue weighted by atomic mass is 16.2. The van der Waals surface area contributed by atoms with Crippen LogP contribution in [0.1, 0.15) is 40.5 Å². The van der Waals surface area contributed by atoms with Gasteiger partial charge in [0, 0.05) is 12.1 Å². The normalized spacial score (nSPS) is 16.0. The quantitative estimate of drug-likeness (QED) is 0.713. The Morgan fingerprint density at radius 1 is 1.31 bits per heavy atom. The van der Waals surface area contributed by atoms with Crippen molar-refractivity contribution in [3.8, 4) is 0 Å². The Kier molecular flexibility index (Phi) is 5.42. The molecule has 0 aliphatic rings. The number of carbonyl (C=O) groups excluding carboxylic acids is 1. The largest absolute Gasteiger partial charge is 0.353 e. The SMILES string of the molecule is CCCC(C)(N)C(=O)NCC(C)(C)N(C)C. The maximum absolute atomic E-state index is 11.9. The standard InChI is InChI=1S/C12H27N3O/c1-7-8-12(4,13)10(16)14-9-11(2,3)15(5)6/h7-9,13H2,1-6H3,(H,14,16). The molecule has 0 fully saturated rings. The molecule has 3 N–H and O–H groups in total. The van der Waals surface area contributed by atoms with E-state index in [2.05, 4.69) is 24.1 Å². The molecule has 4 heteroatoms. The molecule has 16 heavy (non-hydrogen) atoms. The Bertz CT molecular complexity index is 234. The van der Waals surface area contributed by atoms with Crippen molar-refractivity contribution in [2.24, 2.45) is 5.73 Å². The van der Waals surface area contributed by atoms with Crippen LogP contribution in [0, 0.1) is 0 Å². The molecule has 0 radical (unpaired) electrons. The van der Waals surface area contributed by atoms with E-state index in [4.69, 9.17) is 5.73 Å². The predicted octanol–water partition coefficient (Wildman–Crippen LogP) is 0.960. The third-order valence-corrected chi connectivity index (χ3v) is 3.18. The van der Waals surface area contributed by atoms with Crippen LogP contribution in [0.25, 0.3) is 0 Å². The van der Waals surface area contributed by atoms with Gasteiger partial charge in [-0.05, 0) is 41.3 Å². The molecule has 0 aromatic heterocycles. The van der Waals surface area contributed by atoms with E-state index in [9.17, 15) is 4.79 Å². The monoisotopic (exact) mass is 229 g/mol. The summed E-state index contributed by atoms with van der Waals surface area (Å²) in [4.78, 5) is 14.0. The van der Waals surface area contributed by atoms with Crippen LogP contribution >= 0.6 is 0 Å². The van der Waals surface area contributed by atoms with Crippen LogP contribution in [0.5, 0.6) is 0 Å². The molecule has 0 heterocycles. The van der Waals surface area contributed by atoms with Gasteiger partial charge in [-0.3, -0.25) is 4.79 Å². The average molecular weight is 229 g/mol. The zero-order chi connectivity index (χ0) is 13.0. The maximum Gasteiger partial charge on any atom is 0.239 e. The minimum atomic E-state index is -0.753. The second kappa shape index (κ2) is 5.64. The van der Waals surface area contributed by atoms with Gasteiger partial charge in [-0.15, -0.1) is 0 Å². The van der Waals surface area contributed by atoms with E-state index in [0.717, 1.165) is 6.42 Å². The first-order valence-corrected chi connectivity index (χ1v) is 5.88. The second-order valence-corrected chi connectivity index (χ2v) is 5.56. The van der Waals surface area contributed by atoms with Gasteiger partial charge in [0.2, 0.25) is 5.91 Å². The van der Waals surface area contributed by atoms with E-state index in [0.29, 0.717) is 13.0 Å². The predicted molar refractivity (Wildman–Crippen MR) is 68.3 cm³/mol. The number of amides is 1. The summed E-state index contributed by atoms with van der Waals surface area (Å²) < 4.78 is 0. The Morgan fingerprint density at radius 2 is 1.81 bits per heavy atom. The lowest BCUT2D eigenvalue weighted by molar-refractivity contribution is -0.126. The zero-order valence-electron chi connectivity index (χ0n) is 11.6. The highest BCUT2D eigenvalue weighted by Crippen LogP contribution is 2.11. The topological polar surface area (TPSA) is 58.4 Å². The van der Waals surface area contributed by atoms with Crippen molar-refractivity contribution in [1.29, 1.82) is 0 Å². The lowest BCUT2D eigenvalue weighted by Crippen LogP contribution is -2.56. The number of likely N-dealkylation sites (N-methyl/N-ethyl adjacent to an activating group) is 1. The summed E-state index contributed by atoms with van der Waals surface area (Å²) in [6.07, 6.45) is 1.62. The molecular weight excluding hydrogens is 202 g/mol. The molecule has 1 atom stereocenters. The molecule has 0 saturated heterocycles. The van der Waals surface area contributed by atoms with E-state index in [-0.39, 0.29) is 11.4 Å². The van der Waals surface area contributed by atoms with Gasteiger partial charge in [0.05, 0.1) is 5.54 Å². The van der Waals surface area contributed by atoms with E-state index in [1.807, 2.05) is 21.0 Å². The zero-order valence-corrected chi connectivity index (χ0v) is 11.6. The summed E-state index contributed by atoms with van der Waals surface area (Å²) in [5, 5.41) is 2.92. The van der Waals surface area contributed by atoms with Crippen LogP contribution < -0.4 is 11.1 Å². The van der Waals surface area contributed by atoms with Crippen LogP contribution in [0.15, 0.2) is 0 Å². The lowest BCUT2D eigenvalue weighted by atomic mass is 9.95. The molecule has 0 aliphatic carbocycles. The number of nitrogens with zero attached hydrogens (tertiary/aromatic N) is 1. The molecule has 96 valence electrons. The molecule has 1 amide bonds. The Labute approximate surface area is 99.6 Å². The van der Waals surface area contributed by atoms with Crippen molar-refractivity contribution < 1.29 is 4.79 Å². The van der Waals surface area contributed by atoms with E-state index >= 15 is 0 Å². The van der Waals surface area contributed by atoms with Crippen molar-refractivity contribution in [1.82, 2.24) is 10.2 Å². The summed E-state index contributed by atoms with van der Waals surface area (Å²) in [5.41, 5.74) is 5.14. The van der Waals surface area contributed by atoms with Crippen LogP contribution in [-0.4, -0.2) is 42.5 Å². The molecule has 1 unspecified atom stereocenters. The third-order valence-electron chi connectivity index (χ3n) is 3.18. The number of carbonyl (C=O) groups is 1. The highest BCUT2D eigenvalue weighted by Gasteiger charge is 2.29. The van der Waals surface area contributed by atoms with E-state index in [1.165, 1.54) is 0 Å². The van der Waals surface area contributed by atoms with E-state index in [1.54, 1.807) is 6.92 Å². The molecule has 0 bridgehead atoms. The van der Waals surface area contributed by atoms with Gasteiger partial charge in [-0.2, -0.15) is 0 Å². The molecule has 0 rings (SSSR count). The second-order valence-electron chi connectivity index (χ2n) is 5.56. The summed E-state index contributed by atoms with van der Waals surface area (Å²) >= 11 is 0. The number of hydrogen-bond donors (Lipinski definition) is 2. The Morgan fingerprint density at radius 3 is 2.19 bits per heavy atom. The molecule has 0 aromatic rings. The Hall–Kier alpha value is -0.610.